The van der Waals surface area contributed by atoms with Crippen LogP contribution in [0, 0.1) is 0 Å². The van der Waals surface area contributed by atoms with Crippen LogP contribution in [0.2, 0.25) is 0 Å². The number of nitrogens with zero attached hydrogens (tertiary/aromatic N) is 3. The van der Waals surface area contributed by atoms with Crippen LogP contribution in [-0.4, -0.2) is 60.5 Å². The lowest BCUT2D eigenvalue weighted by Crippen LogP contribution is -2.51. The minimum atomic E-state index is -4.83. The molecule has 7 nitrogen and oxygen atoms in total. The van der Waals surface area contributed by atoms with Crippen molar-refractivity contribution in [2.75, 3.05) is 31.1 Å². The predicted molar refractivity (Wildman–Crippen MR) is 112 cm³/mol. The van der Waals surface area contributed by atoms with Crippen LogP contribution in [-0.2, 0) is 17.8 Å². The monoisotopic (exact) mass is 468 g/mol. The highest BCUT2D eigenvalue weighted by atomic mass is 32.1. The highest BCUT2D eigenvalue weighted by molar-refractivity contribution is 7.15. The van der Waals surface area contributed by atoms with E-state index in [0.717, 1.165) is 34.9 Å². The highest BCUT2D eigenvalue weighted by Crippen LogP contribution is 2.38. The summed E-state index contributed by atoms with van der Waals surface area (Å²) in [6.45, 7) is 2.54. The van der Waals surface area contributed by atoms with Crippen LogP contribution in [0.5, 0.6) is 11.5 Å². The van der Waals surface area contributed by atoms with Crippen molar-refractivity contribution < 1.29 is 27.4 Å². The van der Waals surface area contributed by atoms with Crippen LogP contribution < -0.4 is 19.7 Å². The molecule has 2 atom stereocenters. The fourth-order valence-corrected chi connectivity index (χ4v) is 5.87. The van der Waals surface area contributed by atoms with Gasteiger partial charge in [-0.2, -0.15) is 0 Å². The van der Waals surface area contributed by atoms with Gasteiger partial charge in [0.2, 0.25) is 0 Å². The minimum Gasteiger partial charge on any atom is -0.480 e. The van der Waals surface area contributed by atoms with Crippen LogP contribution >= 0.6 is 11.3 Å². The number of piperazine rings is 1. The fraction of sp³-hybridized carbons (Fsp3) is 0.524. The molecule has 2 bridgehead atoms. The van der Waals surface area contributed by atoms with E-state index in [1.807, 2.05) is 0 Å². The van der Waals surface area contributed by atoms with Crippen molar-refractivity contribution >= 4 is 22.4 Å². The number of carbonyl (C=O) groups is 1. The van der Waals surface area contributed by atoms with Gasteiger partial charge in [-0.15, -0.1) is 13.2 Å². The number of amides is 1. The van der Waals surface area contributed by atoms with Crippen molar-refractivity contribution in [3.05, 3.63) is 34.8 Å². The van der Waals surface area contributed by atoms with Crippen molar-refractivity contribution in [1.29, 1.82) is 0 Å². The van der Waals surface area contributed by atoms with Crippen molar-refractivity contribution in [2.45, 2.75) is 44.3 Å². The zero-order chi connectivity index (χ0) is 22.3. The normalized spacial score (nSPS) is 22.6. The van der Waals surface area contributed by atoms with E-state index in [1.54, 1.807) is 16.2 Å². The number of hydrogen-bond acceptors (Lipinski definition) is 7. The average molecular weight is 469 g/mol. The molecular weight excluding hydrogens is 445 g/mol. The zero-order valence-corrected chi connectivity index (χ0v) is 18.0. The van der Waals surface area contributed by atoms with Gasteiger partial charge < -0.3 is 24.6 Å². The van der Waals surface area contributed by atoms with E-state index in [0.29, 0.717) is 31.6 Å². The quantitative estimate of drug-likeness (QED) is 0.728. The van der Waals surface area contributed by atoms with Crippen LogP contribution in [0.25, 0.3) is 0 Å². The molecule has 2 saturated heterocycles. The van der Waals surface area contributed by atoms with Gasteiger partial charge in [-0.1, -0.05) is 23.5 Å². The number of alkyl halides is 3. The summed E-state index contributed by atoms with van der Waals surface area (Å²) in [5, 5.41) is 4.51. The van der Waals surface area contributed by atoms with Crippen LogP contribution in [0.4, 0.5) is 18.3 Å². The molecule has 2 unspecified atom stereocenters. The summed E-state index contributed by atoms with van der Waals surface area (Å²) in [6.07, 6.45) is -1.83. The summed E-state index contributed by atoms with van der Waals surface area (Å²) in [4.78, 5) is 22.8. The van der Waals surface area contributed by atoms with E-state index in [9.17, 15) is 18.0 Å². The molecule has 3 aliphatic rings. The third kappa shape index (κ3) is 4.36. The minimum absolute atomic E-state index is 0.120. The summed E-state index contributed by atoms with van der Waals surface area (Å²) in [7, 11) is 0. The largest absolute Gasteiger partial charge is 0.573 e. The van der Waals surface area contributed by atoms with E-state index in [1.165, 1.54) is 31.0 Å². The van der Waals surface area contributed by atoms with Crippen molar-refractivity contribution in [2.24, 2.45) is 0 Å². The van der Waals surface area contributed by atoms with Crippen molar-refractivity contribution in [3.8, 4) is 11.5 Å². The van der Waals surface area contributed by atoms with Gasteiger partial charge in [0.05, 0.1) is 12.2 Å². The molecule has 32 heavy (non-hydrogen) atoms. The number of ether oxygens (including phenoxy) is 2. The molecule has 1 aromatic heterocycles. The highest BCUT2D eigenvalue weighted by Gasteiger charge is 2.39. The number of aromatic nitrogens is 1. The maximum atomic E-state index is 12.7. The van der Waals surface area contributed by atoms with Crippen molar-refractivity contribution in [3.63, 3.8) is 0 Å². The third-order valence-electron chi connectivity index (χ3n) is 6.10. The van der Waals surface area contributed by atoms with Gasteiger partial charge in [0.25, 0.3) is 5.91 Å². The Morgan fingerprint density at radius 3 is 2.62 bits per heavy atom. The van der Waals surface area contributed by atoms with Gasteiger partial charge in [0.1, 0.15) is 0 Å². The van der Waals surface area contributed by atoms with E-state index in [-0.39, 0.29) is 18.3 Å². The summed E-state index contributed by atoms with van der Waals surface area (Å²) in [5.41, 5.74) is 1.04. The fourth-order valence-electron chi connectivity index (χ4n) is 4.61. The molecule has 4 heterocycles. The Morgan fingerprint density at radius 1 is 1.19 bits per heavy atom. The lowest BCUT2D eigenvalue weighted by molar-refractivity contribution is -0.275. The number of hydrogen-bond donors (Lipinski definition) is 1. The smallest absolute Gasteiger partial charge is 0.480 e. The molecule has 172 valence electrons. The van der Waals surface area contributed by atoms with Crippen LogP contribution in [0.1, 0.15) is 23.4 Å². The molecule has 2 aromatic rings. The number of anilines is 1. The lowest BCUT2D eigenvalue weighted by atomic mass is 10.2. The van der Waals surface area contributed by atoms with Gasteiger partial charge in [-0.25, -0.2) is 4.98 Å². The van der Waals surface area contributed by atoms with E-state index < -0.39 is 12.1 Å². The van der Waals surface area contributed by atoms with E-state index in [2.05, 4.69) is 15.0 Å². The molecule has 0 saturated carbocycles. The number of halogens is 3. The average Bonchev–Trinajstić information content (AvgIpc) is 3.28. The first-order valence-corrected chi connectivity index (χ1v) is 11.4. The van der Waals surface area contributed by atoms with Crippen LogP contribution in [0.15, 0.2) is 24.3 Å². The molecule has 1 N–H and O–H groups in total. The summed E-state index contributed by atoms with van der Waals surface area (Å²) >= 11 is 1.64. The first-order chi connectivity index (χ1) is 15.4. The number of nitrogens with one attached hydrogen (secondary N) is 1. The molecule has 0 spiro atoms. The van der Waals surface area contributed by atoms with E-state index in [4.69, 9.17) is 9.72 Å². The Labute approximate surface area is 187 Å². The summed E-state index contributed by atoms with van der Waals surface area (Å²) in [6, 6.07) is 6.40. The molecular formula is C21H23F3N4O3S. The number of thiazole rings is 1. The Balaban J connectivity index is 1.22. The Morgan fingerprint density at radius 2 is 1.91 bits per heavy atom. The summed E-state index contributed by atoms with van der Waals surface area (Å²) in [5.74, 6) is -0.869. The number of carbonyl (C=O) groups excluding carboxylic acids is 1. The molecule has 0 radical (unpaired) electrons. The number of fused-ring (bicyclic) bond motifs is 3. The molecule has 1 amide bonds. The van der Waals surface area contributed by atoms with Gasteiger partial charge in [-0.3, -0.25) is 4.79 Å². The van der Waals surface area contributed by atoms with Crippen LogP contribution in [0.3, 0.4) is 0 Å². The Hall–Kier alpha value is -2.53. The standard InChI is InChI=1S/C21H23F3N4O3S/c22-21(23,24)31-17-4-2-1-3-16(17)30-12-19(29)27-8-7-15-18(11-27)32-20(26-15)28-13-5-6-14(28)10-25-9-13/h1-4,13-14,25H,5-12H2. The lowest BCUT2D eigenvalue weighted by Gasteiger charge is -2.35. The molecule has 0 aliphatic carbocycles. The summed E-state index contributed by atoms with van der Waals surface area (Å²) < 4.78 is 47.1. The second-order valence-corrected chi connectivity index (χ2v) is 9.23. The first-order valence-electron chi connectivity index (χ1n) is 10.6. The van der Waals surface area contributed by atoms with Gasteiger partial charge in [-0.05, 0) is 25.0 Å². The second kappa shape index (κ2) is 8.43. The first kappa shape index (κ1) is 21.3. The SMILES string of the molecule is O=C(COc1ccccc1OC(F)(F)F)N1CCc2nc(N3C4CCC3CNC4)sc2C1. The molecule has 5 rings (SSSR count). The molecule has 3 aliphatic heterocycles. The van der Waals surface area contributed by atoms with Crippen molar-refractivity contribution in [1.82, 2.24) is 15.2 Å². The molecule has 1 aromatic carbocycles. The number of para-hydroxylation sites is 2. The number of benzene rings is 1. The predicted octanol–water partition coefficient (Wildman–Crippen LogP) is 2.95. The maximum Gasteiger partial charge on any atom is 0.573 e. The number of rotatable bonds is 5. The van der Waals surface area contributed by atoms with Gasteiger partial charge in [0.15, 0.2) is 23.2 Å². The topological polar surface area (TPSA) is 66.9 Å². The maximum absolute atomic E-state index is 12.7. The molecule has 2 fully saturated rings. The van der Waals surface area contributed by atoms with Gasteiger partial charge in [0, 0.05) is 43.0 Å². The Bertz CT molecular complexity index is 983. The van der Waals surface area contributed by atoms with E-state index >= 15 is 0 Å². The zero-order valence-electron chi connectivity index (χ0n) is 17.2. The molecule has 11 heteroatoms. The Kier molecular flexibility index (Phi) is 5.62. The van der Waals surface area contributed by atoms with Gasteiger partial charge >= 0.3 is 6.36 Å². The second-order valence-electron chi connectivity index (χ2n) is 8.17. The third-order valence-corrected chi connectivity index (χ3v) is 7.20.